The van der Waals surface area contributed by atoms with E-state index in [4.69, 9.17) is 0 Å². The molecule has 0 aliphatic carbocycles. The van der Waals surface area contributed by atoms with Crippen LogP contribution in [0.15, 0.2) is 54.6 Å². The SMILES string of the molecule is CCOC(=O)[C@](NC(=O)c1ccccc1)(Nc1ccc(C(C)C)cc1)C(F)(F)F. The normalized spacial score (nSPS) is 13.5. The van der Waals surface area contributed by atoms with Gasteiger partial charge in [-0.05, 0) is 42.7 Å². The summed E-state index contributed by atoms with van der Waals surface area (Å²) in [6.07, 6.45) is -5.18. The Morgan fingerprint density at radius 2 is 1.59 bits per heavy atom. The molecule has 0 aliphatic rings. The Balaban J connectivity index is 2.47. The number of halogens is 3. The van der Waals surface area contributed by atoms with Gasteiger partial charge in [-0.15, -0.1) is 0 Å². The molecule has 0 aliphatic heterocycles. The second kappa shape index (κ2) is 8.98. The van der Waals surface area contributed by atoms with Crippen molar-refractivity contribution >= 4 is 17.6 Å². The molecule has 0 radical (unpaired) electrons. The van der Waals surface area contributed by atoms with Crippen molar-refractivity contribution in [3.05, 3.63) is 65.7 Å². The van der Waals surface area contributed by atoms with E-state index in [0.29, 0.717) is 0 Å². The number of rotatable bonds is 7. The summed E-state index contributed by atoms with van der Waals surface area (Å²) in [5.41, 5.74) is -2.55. The molecule has 156 valence electrons. The highest BCUT2D eigenvalue weighted by molar-refractivity contribution is 5.99. The molecule has 0 spiro atoms. The number of benzene rings is 2. The van der Waals surface area contributed by atoms with Gasteiger partial charge < -0.3 is 15.4 Å². The maximum absolute atomic E-state index is 14.1. The topological polar surface area (TPSA) is 67.4 Å². The van der Waals surface area contributed by atoms with Crippen LogP contribution in [-0.4, -0.2) is 30.3 Å². The third-order valence-corrected chi connectivity index (χ3v) is 4.25. The van der Waals surface area contributed by atoms with Gasteiger partial charge in [-0.2, -0.15) is 13.2 Å². The van der Waals surface area contributed by atoms with Crippen LogP contribution in [-0.2, 0) is 9.53 Å². The van der Waals surface area contributed by atoms with Crippen molar-refractivity contribution in [3.8, 4) is 0 Å². The van der Waals surface area contributed by atoms with E-state index in [1.165, 1.54) is 43.3 Å². The summed E-state index contributed by atoms with van der Waals surface area (Å²) >= 11 is 0. The molecule has 0 fully saturated rings. The third kappa shape index (κ3) is 5.07. The number of esters is 1. The van der Waals surface area contributed by atoms with Crippen LogP contribution in [0.3, 0.4) is 0 Å². The monoisotopic (exact) mass is 408 g/mol. The summed E-state index contributed by atoms with van der Waals surface area (Å²) in [5.74, 6) is -2.54. The number of nitrogens with one attached hydrogen (secondary N) is 2. The lowest BCUT2D eigenvalue weighted by Crippen LogP contribution is -2.69. The van der Waals surface area contributed by atoms with Crippen LogP contribution in [0.25, 0.3) is 0 Å². The van der Waals surface area contributed by atoms with E-state index in [1.807, 2.05) is 19.2 Å². The molecule has 0 bridgehead atoms. The number of carbonyl (C=O) groups excluding carboxylic acids is 2. The number of ether oxygens (including phenoxy) is 1. The van der Waals surface area contributed by atoms with Crippen LogP contribution in [0.4, 0.5) is 18.9 Å². The summed E-state index contributed by atoms with van der Waals surface area (Å²) in [5, 5.41) is 3.96. The Kier molecular flexibility index (Phi) is 6.89. The molecule has 8 heteroatoms. The summed E-state index contributed by atoms with van der Waals surface area (Å²) in [7, 11) is 0. The first-order valence-electron chi connectivity index (χ1n) is 9.10. The number of hydrogen-bond donors (Lipinski definition) is 2. The molecule has 1 amide bonds. The molecule has 29 heavy (non-hydrogen) atoms. The molecule has 0 aromatic heterocycles. The van der Waals surface area contributed by atoms with Gasteiger partial charge in [-0.1, -0.05) is 44.2 Å². The van der Waals surface area contributed by atoms with E-state index in [9.17, 15) is 22.8 Å². The fourth-order valence-electron chi connectivity index (χ4n) is 2.63. The predicted molar refractivity (Wildman–Crippen MR) is 103 cm³/mol. The highest BCUT2D eigenvalue weighted by Gasteiger charge is 2.63. The molecule has 2 aromatic carbocycles. The van der Waals surface area contributed by atoms with Gasteiger partial charge in [0.25, 0.3) is 5.91 Å². The fraction of sp³-hybridized carbons (Fsp3) is 0.333. The average molecular weight is 408 g/mol. The van der Waals surface area contributed by atoms with E-state index < -0.39 is 23.7 Å². The van der Waals surface area contributed by atoms with Crippen LogP contribution in [0.5, 0.6) is 0 Å². The number of carbonyl (C=O) groups is 2. The molecule has 0 unspecified atom stereocenters. The average Bonchev–Trinajstić information content (AvgIpc) is 2.67. The van der Waals surface area contributed by atoms with E-state index >= 15 is 0 Å². The Hall–Kier alpha value is -3.03. The fourth-order valence-corrected chi connectivity index (χ4v) is 2.63. The zero-order chi connectivity index (χ0) is 21.7. The Morgan fingerprint density at radius 1 is 1.00 bits per heavy atom. The van der Waals surface area contributed by atoms with Gasteiger partial charge in [-0.3, -0.25) is 4.79 Å². The van der Waals surface area contributed by atoms with Gasteiger partial charge in [0.05, 0.1) is 6.61 Å². The highest BCUT2D eigenvalue weighted by atomic mass is 19.4. The van der Waals surface area contributed by atoms with E-state index in [-0.39, 0.29) is 23.8 Å². The van der Waals surface area contributed by atoms with Gasteiger partial charge in [0, 0.05) is 11.3 Å². The van der Waals surface area contributed by atoms with E-state index in [1.54, 1.807) is 18.2 Å². The second-order valence-electron chi connectivity index (χ2n) is 6.69. The minimum absolute atomic E-state index is 0.00754. The number of alkyl halides is 3. The van der Waals surface area contributed by atoms with Gasteiger partial charge in [0.2, 0.25) is 0 Å². The lowest BCUT2D eigenvalue weighted by Gasteiger charge is -2.35. The van der Waals surface area contributed by atoms with Crippen LogP contribution in [0.1, 0.15) is 42.6 Å². The van der Waals surface area contributed by atoms with Gasteiger partial charge in [-0.25, -0.2) is 4.79 Å². The quantitative estimate of drug-likeness (QED) is 0.524. The molecular formula is C21H23F3N2O3. The molecule has 1 atom stereocenters. The summed E-state index contributed by atoms with van der Waals surface area (Å²) in [4.78, 5) is 24.9. The molecule has 0 saturated heterocycles. The second-order valence-corrected chi connectivity index (χ2v) is 6.69. The van der Waals surface area contributed by atoms with Crippen LogP contribution >= 0.6 is 0 Å². The molecule has 0 saturated carbocycles. The van der Waals surface area contributed by atoms with E-state index in [2.05, 4.69) is 10.1 Å². The lowest BCUT2D eigenvalue weighted by atomic mass is 10.0. The summed E-state index contributed by atoms with van der Waals surface area (Å²) < 4.78 is 47.1. The largest absolute Gasteiger partial charge is 0.463 e. The van der Waals surface area contributed by atoms with Crippen molar-refractivity contribution in [2.75, 3.05) is 11.9 Å². The first-order chi connectivity index (χ1) is 13.6. The minimum atomic E-state index is -5.18. The number of amides is 1. The zero-order valence-corrected chi connectivity index (χ0v) is 16.3. The molecule has 2 aromatic rings. The maximum Gasteiger partial charge on any atom is 0.441 e. The minimum Gasteiger partial charge on any atom is -0.463 e. The van der Waals surface area contributed by atoms with Crippen molar-refractivity contribution in [1.29, 1.82) is 0 Å². The zero-order valence-electron chi connectivity index (χ0n) is 16.3. The predicted octanol–water partition coefficient (Wildman–Crippen LogP) is 4.47. The molecule has 5 nitrogen and oxygen atoms in total. The van der Waals surface area contributed by atoms with E-state index in [0.717, 1.165) is 5.56 Å². The lowest BCUT2D eigenvalue weighted by molar-refractivity contribution is -0.204. The van der Waals surface area contributed by atoms with Crippen molar-refractivity contribution in [1.82, 2.24) is 5.32 Å². The van der Waals surface area contributed by atoms with Crippen molar-refractivity contribution in [2.24, 2.45) is 0 Å². The van der Waals surface area contributed by atoms with Crippen molar-refractivity contribution in [2.45, 2.75) is 38.5 Å². The Labute approximate surface area is 167 Å². The first kappa shape index (κ1) is 22.3. The molecular weight excluding hydrogens is 385 g/mol. The van der Waals surface area contributed by atoms with Crippen LogP contribution < -0.4 is 10.6 Å². The Morgan fingerprint density at radius 3 is 2.07 bits per heavy atom. The Bertz CT molecular complexity index is 836. The van der Waals surface area contributed by atoms with Gasteiger partial charge >= 0.3 is 17.8 Å². The van der Waals surface area contributed by atoms with Crippen molar-refractivity contribution < 1.29 is 27.5 Å². The molecule has 2 rings (SSSR count). The summed E-state index contributed by atoms with van der Waals surface area (Å²) in [6, 6.07) is 13.5. The highest BCUT2D eigenvalue weighted by Crippen LogP contribution is 2.34. The van der Waals surface area contributed by atoms with Crippen LogP contribution in [0, 0.1) is 0 Å². The van der Waals surface area contributed by atoms with Gasteiger partial charge in [0.1, 0.15) is 0 Å². The summed E-state index contributed by atoms with van der Waals surface area (Å²) in [6.45, 7) is 4.99. The maximum atomic E-state index is 14.1. The van der Waals surface area contributed by atoms with Gasteiger partial charge in [0.15, 0.2) is 0 Å². The third-order valence-electron chi connectivity index (χ3n) is 4.25. The van der Waals surface area contributed by atoms with Crippen molar-refractivity contribution in [3.63, 3.8) is 0 Å². The smallest absolute Gasteiger partial charge is 0.441 e. The number of anilines is 1. The first-order valence-corrected chi connectivity index (χ1v) is 9.10. The van der Waals surface area contributed by atoms with Crippen LogP contribution in [0.2, 0.25) is 0 Å². The number of hydrogen-bond acceptors (Lipinski definition) is 4. The molecule has 0 heterocycles. The molecule has 2 N–H and O–H groups in total. The standard InChI is InChI=1S/C21H23F3N2O3/c1-4-29-19(28)20(21(22,23)24,26-18(27)16-8-6-5-7-9-16)25-17-12-10-15(11-13-17)14(2)3/h5-14,25H,4H2,1-3H3,(H,26,27)/t20-/m1/s1.